The second kappa shape index (κ2) is 30.3. The second-order valence-corrected chi connectivity index (χ2v) is 22.5. The molecule has 26 nitrogen and oxygen atoms in total. The minimum absolute atomic E-state index is 0. The average molecular weight is 1210 g/mol. The molecule has 10 amide bonds. The number of nitrogens with zero attached hydrogens (tertiary/aromatic N) is 8. The number of carbonyl (C=O) groups excluding carboxylic acids is 12. The summed E-state index contributed by atoms with van der Waals surface area (Å²) in [6.45, 7) is 2.77. The van der Waals surface area contributed by atoms with Crippen LogP contribution in [0.4, 0.5) is 0 Å². The molecular formula is C61H80N12O14. The number of piperidine rings is 2. The normalized spacial score (nSPS) is 23.0. The summed E-state index contributed by atoms with van der Waals surface area (Å²) in [6.07, 6.45) is 2.21. The summed E-state index contributed by atoms with van der Waals surface area (Å²) in [5, 5.41) is 11.9. The maximum atomic E-state index is 14.7. The molecule has 6 atom stereocenters. The molecule has 5 heterocycles. The van der Waals surface area contributed by atoms with Crippen molar-refractivity contribution in [1.82, 2.24) is 60.6 Å². The molecule has 0 radical (unpaired) electrons. The zero-order valence-corrected chi connectivity index (χ0v) is 49.7. The van der Waals surface area contributed by atoms with Gasteiger partial charge in [-0.05, 0) is 74.6 Å². The van der Waals surface area contributed by atoms with Crippen molar-refractivity contribution in [2.75, 3.05) is 80.7 Å². The molecule has 3 aliphatic heterocycles. The van der Waals surface area contributed by atoms with Gasteiger partial charge in [-0.1, -0.05) is 83.7 Å². The number of amides is 10. The van der Waals surface area contributed by atoms with Gasteiger partial charge in [0.25, 0.3) is 11.8 Å². The zero-order valence-electron chi connectivity index (χ0n) is 49.7. The highest BCUT2D eigenvalue weighted by Crippen LogP contribution is 2.23. The first-order valence-corrected chi connectivity index (χ1v) is 28.8. The summed E-state index contributed by atoms with van der Waals surface area (Å²) in [7, 11) is 5.29. The van der Waals surface area contributed by atoms with E-state index in [0.29, 0.717) is 36.7 Å². The van der Waals surface area contributed by atoms with Gasteiger partial charge in [0.15, 0.2) is 0 Å². The fourth-order valence-corrected chi connectivity index (χ4v) is 10.7. The molecule has 0 saturated carbocycles. The minimum Gasteiger partial charge on any atom is -0.461 e. The van der Waals surface area contributed by atoms with Crippen LogP contribution in [0.25, 0.3) is 21.8 Å². The average Bonchev–Trinajstić information content (AvgIpc) is 3.21. The Bertz CT molecular complexity index is 3040. The van der Waals surface area contributed by atoms with Crippen LogP contribution in [0, 0.1) is 11.8 Å². The lowest BCUT2D eigenvalue weighted by Crippen LogP contribution is -2.59. The number of pyridine rings is 2. The fraction of sp³-hybridized carbons (Fsp3) is 0.508. The first-order chi connectivity index (χ1) is 40.9. The van der Waals surface area contributed by atoms with E-state index in [-0.39, 0.29) is 44.7 Å². The van der Waals surface area contributed by atoms with Crippen molar-refractivity contribution in [3.63, 3.8) is 0 Å². The van der Waals surface area contributed by atoms with E-state index >= 15 is 0 Å². The van der Waals surface area contributed by atoms with Gasteiger partial charge in [-0.25, -0.2) is 19.6 Å². The molecule has 0 spiro atoms. The van der Waals surface area contributed by atoms with E-state index in [4.69, 9.17) is 9.47 Å². The Morgan fingerprint density at radius 1 is 0.517 bits per heavy atom. The monoisotopic (exact) mass is 1200 g/mol. The number of ether oxygens (including phenoxy) is 2. The van der Waals surface area contributed by atoms with E-state index in [1.807, 2.05) is 0 Å². The highest BCUT2D eigenvalue weighted by atomic mass is 16.5. The number of esters is 2. The Labute approximate surface area is 505 Å². The molecule has 2 aromatic carbocycles. The Balaban J connectivity index is 0.0000121. The van der Waals surface area contributed by atoms with Gasteiger partial charge >= 0.3 is 11.9 Å². The quantitative estimate of drug-likeness (QED) is 0.198. The number of aromatic nitrogens is 2. The third kappa shape index (κ3) is 16.7. The molecule has 7 rings (SSSR count). The van der Waals surface area contributed by atoms with Crippen molar-refractivity contribution in [1.29, 1.82) is 0 Å². The Morgan fingerprint density at radius 3 is 1.25 bits per heavy atom. The Hall–Kier alpha value is -9.10. The largest absolute Gasteiger partial charge is 0.461 e. The summed E-state index contributed by atoms with van der Waals surface area (Å²) in [5.74, 6) is -10.6. The molecule has 2 aromatic heterocycles. The van der Waals surface area contributed by atoms with E-state index < -0.39 is 158 Å². The first kappa shape index (κ1) is 67.0. The van der Waals surface area contributed by atoms with E-state index in [1.165, 1.54) is 50.1 Å². The summed E-state index contributed by atoms with van der Waals surface area (Å²) in [5.41, 5.74) is 0.843. The van der Waals surface area contributed by atoms with E-state index in [9.17, 15) is 57.5 Å². The number of fused-ring (bicyclic) bond motifs is 4. The van der Waals surface area contributed by atoms with Crippen LogP contribution in [-0.2, 0) is 57.4 Å². The van der Waals surface area contributed by atoms with Gasteiger partial charge < -0.3 is 60.1 Å². The molecule has 4 N–H and O–H groups in total. The number of likely N-dealkylation sites (N-methyl/N-ethyl adjacent to an activating group) is 4. The van der Waals surface area contributed by atoms with Crippen LogP contribution < -0.4 is 21.3 Å². The fourth-order valence-electron chi connectivity index (χ4n) is 10.7. The number of rotatable bonds is 6. The zero-order chi connectivity index (χ0) is 62.5. The van der Waals surface area contributed by atoms with Crippen LogP contribution in [0.5, 0.6) is 0 Å². The van der Waals surface area contributed by atoms with Gasteiger partial charge in [0.05, 0.1) is 37.2 Å². The molecule has 0 aliphatic carbocycles. The maximum absolute atomic E-state index is 14.7. The first-order valence-electron chi connectivity index (χ1n) is 28.8. The Kier molecular flexibility index (Phi) is 23.4. The summed E-state index contributed by atoms with van der Waals surface area (Å²) in [6, 6.07) is 12.2. The number of para-hydroxylation sites is 2. The second-order valence-electron chi connectivity index (χ2n) is 22.5. The lowest BCUT2D eigenvalue weighted by molar-refractivity contribution is -0.159. The van der Waals surface area contributed by atoms with Gasteiger partial charge in [-0.2, -0.15) is 0 Å². The smallest absolute Gasteiger partial charge is 0.329 e. The van der Waals surface area contributed by atoms with Gasteiger partial charge in [-0.15, -0.1) is 0 Å². The van der Waals surface area contributed by atoms with Crippen molar-refractivity contribution in [2.45, 2.75) is 110 Å². The van der Waals surface area contributed by atoms with Crippen LogP contribution in [-0.4, -0.2) is 227 Å². The lowest BCUT2D eigenvalue weighted by atomic mass is 10.00. The van der Waals surface area contributed by atoms with Gasteiger partial charge in [0.1, 0.15) is 60.9 Å². The molecule has 0 unspecified atom stereocenters. The van der Waals surface area contributed by atoms with Crippen molar-refractivity contribution >= 4 is 92.8 Å². The van der Waals surface area contributed by atoms with E-state index in [0.717, 1.165) is 30.4 Å². The molecule has 3 aliphatic rings. The summed E-state index contributed by atoms with van der Waals surface area (Å²) >= 11 is 0. The third-order valence-corrected chi connectivity index (χ3v) is 15.6. The van der Waals surface area contributed by atoms with Gasteiger partial charge in [-0.3, -0.25) is 47.9 Å². The predicted octanol–water partition coefficient (Wildman–Crippen LogP) is 1.29. The number of cyclic esters (lactones) is 2. The molecule has 468 valence electrons. The Morgan fingerprint density at radius 2 is 0.885 bits per heavy atom. The third-order valence-electron chi connectivity index (χ3n) is 15.6. The van der Waals surface area contributed by atoms with Crippen LogP contribution >= 0.6 is 0 Å². The van der Waals surface area contributed by atoms with Gasteiger partial charge in [0, 0.05) is 52.1 Å². The SMILES string of the molecule is C.CC(C)[C@H]1C(=O)OC[C@@H](NC(=O)c2ccc3ccccc3n2)C(=O)N2CCCC[C@H]2C(=O)NCC(=O)N(C)CC(=O)N(C)[C@@H](C(C)C)C(=O)OC[C@@H](NC(=O)c2ccc3ccccc3n2)C(=O)N2CCCC[C@H]2C(=O)NCC(=O)N(C)CC(=O)N1C. The van der Waals surface area contributed by atoms with Gasteiger partial charge in [0.2, 0.25) is 47.3 Å². The number of carbonyl (C=O) groups is 12. The minimum atomic E-state index is -1.60. The van der Waals surface area contributed by atoms with Crippen LogP contribution in [0.1, 0.15) is 94.6 Å². The van der Waals surface area contributed by atoms with Crippen molar-refractivity contribution in [3.8, 4) is 0 Å². The number of benzene rings is 2. The molecular weight excluding hydrogens is 1120 g/mol. The van der Waals surface area contributed by atoms with Crippen LogP contribution in [0.3, 0.4) is 0 Å². The van der Waals surface area contributed by atoms with Crippen molar-refractivity contribution in [3.05, 3.63) is 84.2 Å². The number of hydrogen-bond acceptors (Lipinski definition) is 16. The van der Waals surface area contributed by atoms with Crippen molar-refractivity contribution in [2.24, 2.45) is 11.8 Å². The van der Waals surface area contributed by atoms with Crippen LogP contribution in [0.15, 0.2) is 72.8 Å². The number of hydrogen-bond donors (Lipinski definition) is 4. The highest BCUT2D eigenvalue weighted by Gasteiger charge is 2.41. The molecule has 87 heavy (non-hydrogen) atoms. The van der Waals surface area contributed by atoms with E-state index in [1.54, 1.807) is 88.4 Å². The highest BCUT2D eigenvalue weighted by molar-refractivity contribution is 6.01. The van der Waals surface area contributed by atoms with Crippen molar-refractivity contribution < 1.29 is 67.0 Å². The molecule has 0 bridgehead atoms. The van der Waals surface area contributed by atoms with Crippen LogP contribution in [0.2, 0.25) is 0 Å². The molecule has 3 saturated heterocycles. The molecule has 26 heteroatoms. The predicted molar refractivity (Wildman–Crippen MR) is 317 cm³/mol. The lowest BCUT2D eigenvalue weighted by Gasteiger charge is -2.37. The summed E-state index contributed by atoms with van der Waals surface area (Å²) in [4.78, 5) is 184. The maximum Gasteiger partial charge on any atom is 0.329 e. The van der Waals surface area contributed by atoms with E-state index in [2.05, 4.69) is 31.2 Å². The topological polar surface area (TPSA) is 317 Å². The standard InChI is InChI=1S/C60H76N12O14.CH4/c1-35(2)51-59(83)85-33-43(65-53(77)41-25-23-37-17-9-11-19-39(37)63-41)57(81)71-27-15-13-21-45(71)55(79)62-30-48(74)68(6)32-50(76)70(8)52(36(3)4)60(84)86-34-44(66-54(78)42-26-24-38-18-10-12-20-40(38)64-42)58(82)72-28-16-14-22-46(72)56(80)61-29-47(73)67(5)31-49(75)69(51)7;/h9-12,17-20,23-26,35-36,43-46,51-52H,13-16,21-22,27-34H2,1-8H3,(H,61,80)(H,62,79)(H,65,77)(H,66,78);1H4/t43-,44-,45+,46+,51+,52+;/m1./s1. The summed E-state index contributed by atoms with van der Waals surface area (Å²) < 4.78 is 11.6. The molecule has 3 fully saturated rings. The number of nitrogens with one attached hydrogen (secondary N) is 4. The molecule has 4 aromatic rings.